The summed E-state index contributed by atoms with van der Waals surface area (Å²) < 4.78 is 64.3. The zero-order valence-electron chi connectivity index (χ0n) is 12.5. The summed E-state index contributed by atoms with van der Waals surface area (Å²) >= 11 is 0. The van der Waals surface area contributed by atoms with Crippen molar-refractivity contribution in [2.24, 2.45) is 0 Å². The lowest BCUT2D eigenvalue weighted by Crippen LogP contribution is -2.26. The number of aliphatic hydroxyl groups is 1. The number of rotatable bonds is 6. The van der Waals surface area contributed by atoms with Gasteiger partial charge in [-0.2, -0.15) is 13.2 Å². The second kappa shape index (κ2) is 7.33. The summed E-state index contributed by atoms with van der Waals surface area (Å²) in [6.45, 7) is -0.103. The van der Waals surface area contributed by atoms with Crippen molar-refractivity contribution >= 4 is 10.0 Å². The molecule has 0 aliphatic carbocycles. The Hall–Kier alpha value is -1.90. The third-order valence-electron chi connectivity index (χ3n) is 3.37. The van der Waals surface area contributed by atoms with E-state index < -0.39 is 32.8 Å². The van der Waals surface area contributed by atoms with Crippen LogP contribution in [0.2, 0.25) is 0 Å². The molecular weight excluding hydrogens is 343 g/mol. The van der Waals surface area contributed by atoms with E-state index in [0.29, 0.717) is 11.6 Å². The van der Waals surface area contributed by atoms with Gasteiger partial charge in [-0.1, -0.05) is 36.4 Å². The zero-order chi connectivity index (χ0) is 17.8. The van der Waals surface area contributed by atoms with Gasteiger partial charge in [0.05, 0.1) is 16.6 Å². The van der Waals surface area contributed by atoms with E-state index in [1.807, 2.05) is 0 Å². The van der Waals surface area contributed by atoms with Gasteiger partial charge in [0, 0.05) is 6.54 Å². The summed E-state index contributed by atoms with van der Waals surface area (Å²) in [6.07, 6.45) is -5.38. The Morgan fingerprint density at radius 2 is 1.71 bits per heavy atom. The van der Waals surface area contributed by atoms with Crippen molar-refractivity contribution in [3.63, 3.8) is 0 Å². The number of nitrogens with one attached hydrogen (secondary N) is 1. The molecule has 0 unspecified atom stereocenters. The summed E-state index contributed by atoms with van der Waals surface area (Å²) in [5, 5.41) is 9.96. The maximum atomic E-state index is 12.7. The normalized spacial score (nSPS) is 13.7. The monoisotopic (exact) mass is 359 g/mol. The molecule has 0 saturated carbocycles. The van der Waals surface area contributed by atoms with Gasteiger partial charge < -0.3 is 5.11 Å². The Morgan fingerprint density at radius 1 is 1.04 bits per heavy atom. The fourth-order valence-corrected chi connectivity index (χ4v) is 3.19. The standard InChI is InChI=1S/C16H16F3NO3S/c17-16(18,19)13-7-4-8-14(11-13)24(22,23)20-10-9-15(21)12-5-2-1-3-6-12/h1-8,11,15,20-21H,9-10H2/t15-/m1/s1. The molecule has 0 aliphatic rings. The van der Waals surface area contributed by atoms with Crippen LogP contribution >= 0.6 is 0 Å². The summed E-state index contributed by atoms with van der Waals surface area (Å²) in [5.41, 5.74) is -0.398. The first-order chi connectivity index (χ1) is 11.2. The van der Waals surface area contributed by atoms with Crippen molar-refractivity contribution < 1.29 is 26.7 Å². The number of aliphatic hydroxyl groups excluding tert-OH is 1. The van der Waals surface area contributed by atoms with Crippen molar-refractivity contribution in [3.8, 4) is 0 Å². The van der Waals surface area contributed by atoms with Gasteiger partial charge >= 0.3 is 6.18 Å². The van der Waals surface area contributed by atoms with E-state index in [2.05, 4.69) is 4.72 Å². The molecule has 130 valence electrons. The van der Waals surface area contributed by atoms with E-state index in [1.54, 1.807) is 30.3 Å². The molecule has 0 amide bonds. The molecule has 4 nitrogen and oxygen atoms in total. The van der Waals surface area contributed by atoms with Crippen LogP contribution in [-0.2, 0) is 16.2 Å². The Kier molecular flexibility index (Phi) is 5.63. The van der Waals surface area contributed by atoms with Crippen LogP contribution in [0.1, 0.15) is 23.7 Å². The van der Waals surface area contributed by atoms with Crippen LogP contribution in [0.3, 0.4) is 0 Å². The molecule has 2 N–H and O–H groups in total. The highest BCUT2D eigenvalue weighted by atomic mass is 32.2. The van der Waals surface area contributed by atoms with Crippen molar-refractivity contribution in [2.75, 3.05) is 6.54 Å². The van der Waals surface area contributed by atoms with Crippen molar-refractivity contribution in [3.05, 3.63) is 65.7 Å². The van der Waals surface area contributed by atoms with Gasteiger partial charge in [-0.25, -0.2) is 13.1 Å². The SMILES string of the molecule is O=S(=O)(NCC[C@@H](O)c1ccccc1)c1cccc(C(F)(F)F)c1. The molecule has 0 heterocycles. The predicted molar refractivity (Wildman–Crippen MR) is 82.7 cm³/mol. The molecule has 0 radical (unpaired) electrons. The number of sulfonamides is 1. The Balaban J connectivity index is 2.02. The quantitative estimate of drug-likeness (QED) is 0.833. The zero-order valence-corrected chi connectivity index (χ0v) is 13.3. The van der Waals surface area contributed by atoms with Crippen LogP contribution in [-0.4, -0.2) is 20.1 Å². The van der Waals surface area contributed by atoms with Crippen LogP contribution in [0.25, 0.3) is 0 Å². The first-order valence-corrected chi connectivity index (χ1v) is 8.58. The molecule has 8 heteroatoms. The highest BCUT2D eigenvalue weighted by Gasteiger charge is 2.31. The maximum Gasteiger partial charge on any atom is 0.416 e. The molecule has 24 heavy (non-hydrogen) atoms. The van der Waals surface area contributed by atoms with Crippen LogP contribution in [0.15, 0.2) is 59.5 Å². The second-order valence-electron chi connectivity index (χ2n) is 5.14. The third-order valence-corrected chi connectivity index (χ3v) is 4.82. The summed E-state index contributed by atoms with van der Waals surface area (Å²) in [6, 6.07) is 12.2. The predicted octanol–water partition coefficient (Wildman–Crippen LogP) is 3.11. The number of benzene rings is 2. The third kappa shape index (κ3) is 4.80. The molecule has 2 aromatic rings. The van der Waals surface area contributed by atoms with E-state index in [4.69, 9.17) is 0 Å². The average Bonchev–Trinajstić information content (AvgIpc) is 2.55. The Bertz CT molecular complexity index is 777. The lowest BCUT2D eigenvalue weighted by molar-refractivity contribution is -0.137. The lowest BCUT2D eigenvalue weighted by Gasteiger charge is -2.13. The number of halogens is 3. The van der Waals surface area contributed by atoms with Gasteiger partial charge in [0.1, 0.15) is 0 Å². The highest BCUT2D eigenvalue weighted by Crippen LogP contribution is 2.30. The van der Waals surface area contributed by atoms with E-state index in [1.165, 1.54) is 0 Å². The highest BCUT2D eigenvalue weighted by molar-refractivity contribution is 7.89. The van der Waals surface area contributed by atoms with Crippen LogP contribution in [0.5, 0.6) is 0 Å². The number of alkyl halides is 3. The molecule has 2 rings (SSSR count). The van der Waals surface area contributed by atoms with Gasteiger partial charge in [0.25, 0.3) is 0 Å². The van der Waals surface area contributed by atoms with E-state index >= 15 is 0 Å². The molecule has 0 spiro atoms. The number of hydrogen-bond donors (Lipinski definition) is 2. The Morgan fingerprint density at radius 3 is 2.33 bits per heavy atom. The lowest BCUT2D eigenvalue weighted by atomic mass is 10.1. The first kappa shape index (κ1) is 18.4. The minimum Gasteiger partial charge on any atom is -0.388 e. The molecule has 0 fully saturated rings. The minimum absolute atomic E-state index is 0.0994. The van der Waals surface area contributed by atoms with E-state index in [0.717, 1.165) is 18.2 Å². The summed E-state index contributed by atoms with van der Waals surface area (Å²) in [4.78, 5) is -0.466. The van der Waals surface area contributed by atoms with Gasteiger partial charge in [0.2, 0.25) is 10.0 Å². The Labute approximate surface area is 138 Å². The van der Waals surface area contributed by atoms with Gasteiger partial charge in [-0.3, -0.25) is 0 Å². The minimum atomic E-state index is -4.62. The fourth-order valence-electron chi connectivity index (χ4n) is 2.09. The molecule has 0 aliphatic heterocycles. The first-order valence-electron chi connectivity index (χ1n) is 7.10. The fraction of sp³-hybridized carbons (Fsp3) is 0.250. The molecule has 0 bridgehead atoms. The van der Waals surface area contributed by atoms with Gasteiger partial charge in [-0.15, -0.1) is 0 Å². The summed E-state index contributed by atoms with van der Waals surface area (Å²) in [7, 11) is -4.08. The molecule has 0 saturated heterocycles. The molecule has 0 aromatic heterocycles. The van der Waals surface area contributed by atoms with Crippen molar-refractivity contribution in [2.45, 2.75) is 23.6 Å². The van der Waals surface area contributed by atoms with Crippen LogP contribution < -0.4 is 4.72 Å². The van der Waals surface area contributed by atoms with E-state index in [-0.39, 0.29) is 13.0 Å². The van der Waals surface area contributed by atoms with Crippen LogP contribution in [0, 0.1) is 0 Å². The van der Waals surface area contributed by atoms with Crippen LogP contribution in [0.4, 0.5) is 13.2 Å². The molecular formula is C16H16F3NO3S. The van der Waals surface area contributed by atoms with Gasteiger partial charge in [-0.05, 0) is 30.2 Å². The van der Waals surface area contributed by atoms with E-state index in [9.17, 15) is 26.7 Å². The summed E-state index contributed by atoms with van der Waals surface area (Å²) in [5.74, 6) is 0. The van der Waals surface area contributed by atoms with Gasteiger partial charge in [0.15, 0.2) is 0 Å². The topological polar surface area (TPSA) is 66.4 Å². The van der Waals surface area contributed by atoms with Crippen molar-refractivity contribution in [1.29, 1.82) is 0 Å². The van der Waals surface area contributed by atoms with Crippen molar-refractivity contribution in [1.82, 2.24) is 4.72 Å². The second-order valence-corrected chi connectivity index (χ2v) is 6.91. The number of hydrogen-bond acceptors (Lipinski definition) is 3. The largest absolute Gasteiger partial charge is 0.416 e. The molecule has 2 aromatic carbocycles. The average molecular weight is 359 g/mol. The molecule has 1 atom stereocenters. The maximum absolute atomic E-state index is 12.7. The smallest absolute Gasteiger partial charge is 0.388 e.